The van der Waals surface area contributed by atoms with E-state index in [1.54, 1.807) is 9.47 Å². The molecule has 0 atom stereocenters. The minimum absolute atomic E-state index is 0.0615. The van der Waals surface area contributed by atoms with Crippen molar-refractivity contribution in [2.24, 2.45) is 0 Å². The molecule has 0 N–H and O–H groups in total. The Hall–Kier alpha value is -2.67. The Morgan fingerprint density at radius 3 is 2.41 bits per heavy atom. The Morgan fingerprint density at radius 2 is 1.74 bits per heavy atom. The van der Waals surface area contributed by atoms with Gasteiger partial charge in [-0.05, 0) is 24.6 Å². The van der Waals surface area contributed by atoms with Gasteiger partial charge in [0.15, 0.2) is 9.84 Å². The standard InChI is InChI=1S/C20H23N3O3S/c1-3-22(13-16-9-5-4-6-10-16)20(24)14-23-18-12-8-7-11-17(18)21-19(23)15-27(2,25)26/h4-12H,3,13-15H2,1-2H3. The van der Waals surface area contributed by atoms with Crippen molar-refractivity contribution in [1.82, 2.24) is 14.5 Å². The number of aromatic nitrogens is 2. The maximum atomic E-state index is 12.9. The first kappa shape index (κ1) is 19.1. The molecule has 0 bridgehead atoms. The van der Waals surface area contributed by atoms with Gasteiger partial charge in [-0.1, -0.05) is 42.5 Å². The minimum atomic E-state index is -3.27. The van der Waals surface area contributed by atoms with Crippen LogP contribution in [0.2, 0.25) is 0 Å². The fourth-order valence-corrected chi connectivity index (χ4v) is 3.75. The highest BCUT2D eigenvalue weighted by Gasteiger charge is 2.19. The Morgan fingerprint density at radius 1 is 1.07 bits per heavy atom. The third-order valence-electron chi connectivity index (χ3n) is 4.37. The fraction of sp³-hybridized carbons (Fsp3) is 0.300. The Balaban J connectivity index is 1.89. The minimum Gasteiger partial charge on any atom is -0.337 e. The van der Waals surface area contributed by atoms with Gasteiger partial charge in [0.2, 0.25) is 5.91 Å². The van der Waals surface area contributed by atoms with Crippen molar-refractivity contribution in [3.8, 4) is 0 Å². The number of amides is 1. The molecule has 0 saturated carbocycles. The molecule has 0 unspecified atom stereocenters. The smallest absolute Gasteiger partial charge is 0.242 e. The zero-order valence-corrected chi connectivity index (χ0v) is 16.3. The number of para-hydroxylation sites is 2. The summed E-state index contributed by atoms with van der Waals surface area (Å²) in [5.41, 5.74) is 2.51. The zero-order valence-electron chi connectivity index (χ0n) is 15.5. The summed E-state index contributed by atoms with van der Waals surface area (Å²) in [4.78, 5) is 19.1. The van der Waals surface area contributed by atoms with E-state index < -0.39 is 9.84 Å². The van der Waals surface area contributed by atoms with E-state index in [1.165, 1.54) is 6.26 Å². The molecule has 3 aromatic rings. The van der Waals surface area contributed by atoms with Gasteiger partial charge >= 0.3 is 0 Å². The lowest BCUT2D eigenvalue weighted by Crippen LogP contribution is -2.33. The summed E-state index contributed by atoms with van der Waals surface area (Å²) >= 11 is 0. The molecule has 0 spiro atoms. The van der Waals surface area contributed by atoms with E-state index in [1.807, 2.05) is 61.5 Å². The largest absolute Gasteiger partial charge is 0.337 e. The number of nitrogens with zero attached hydrogens (tertiary/aromatic N) is 3. The summed E-state index contributed by atoms with van der Waals surface area (Å²) in [6.45, 7) is 3.09. The second-order valence-corrected chi connectivity index (χ2v) is 8.71. The van der Waals surface area contributed by atoms with Crippen molar-refractivity contribution in [3.63, 3.8) is 0 Å². The summed E-state index contributed by atoms with van der Waals surface area (Å²) < 4.78 is 25.3. The van der Waals surface area contributed by atoms with E-state index in [-0.39, 0.29) is 18.2 Å². The first-order chi connectivity index (χ1) is 12.9. The zero-order chi connectivity index (χ0) is 19.4. The van der Waals surface area contributed by atoms with Gasteiger partial charge in [-0.3, -0.25) is 4.79 Å². The van der Waals surface area contributed by atoms with E-state index in [4.69, 9.17) is 0 Å². The summed E-state index contributed by atoms with van der Waals surface area (Å²) in [6, 6.07) is 17.2. The first-order valence-electron chi connectivity index (χ1n) is 8.81. The molecule has 142 valence electrons. The van der Waals surface area contributed by atoms with E-state index >= 15 is 0 Å². The van der Waals surface area contributed by atoms with Gasteiger partial charge in [0.25, 0.3) is 0 Å². The highest BCUT2D eigenvalue weighted by atomic mass is 32.2. The molecule has 0 aliphatic heterocycles. The third-order valence-corrected chi connectivity index (χ3v) is 5.15. The number of hydrogen-bond donors (Lipinski definition) is 0. The third kappa shape index (κ3) is 4.74. The van der Waals surface area contributed by atoms with E-state index in [2.05, 4.69) is 4.98 Å². The summed E-state index contributed by atoms with van der Waals surface area (Å²) in [7, 11) is -3.27. The molecular formula is C20H23N3O3S. The molecule has 0 fully saturated rings. The van der Waals surface area contributed by atoms with Gasteiger partial charge in [-0.15, -0.1) is 0 Å². The lowest BCUT2D eigenvalue weighted by molar-refractivity contribution is -0.132. The van der Waals surface area contributed by atoms with Crippen molar-refractivity contribution in [3.05, 3.63) is 66.0 Å². The topological polar surface area (TPSA) is 72.3 Å². The van der Waals surface area contributed by atoms with Crippen molar-refractivity contribution in [2.75, 3.05) is 12.8 Å². The molecule has 27 heavy (non-hydrogen) atoms. The molecule has 1 aromatic heterocycles. The van der Waals surface area contributed by atoms with Gasteiger partial charge in [-0.25, -0.2) is 13.4 Å². The van der Waals surface area contributed by atoms with Crippen LogP contribution in [0.1, 0.15) is 18.3 Å². The van der Waals surface area contributed by atoms with Crippen LogP contribution in [0.15, 0.2) is 54.6 Å². The van der Waals surface area contributed by atoms with E-state index in [0.717, 1.165) is 11.1 Å². The number of fused-ring (bicyclic) bond motifs is 1. The summed E-state index contributed by atoms with van der Waals surface area (Å²) in [6.07, 6.45) is 1.17. The average Bonchev–Trinajstić information content (AvgIpc) is 2.96. The summed E-state index contributed by atoms with van der Waals surface area (Å²) in [5.74, 6) is 0.127. The Bertz CT molecular complexity index is 1040. The second-order valence-electron chi connectivity index (χ2n) is 6.57. The van der Waals surface area contributed by atoms with Crippen molar-refractivity contribution in [2.45, 2.75) is 25.8 Å². The predicted octanol–water partition coefficient (Wildman–Crippen LogP) is 2.63. The van der Waals surface area contributed by atoms with Gasteiger partial charge < -0.3 is 9.47 Å². The van der Waals surface area contributed by atoms with Crippen LogP contribution in [-0.2, 0) is 33.5 Å². The van der Waals surface area contributed by atoms with Crippen LogP contribution in [0.3, 0.4) is 0 Å². The highest BCUT2D eigenvalue weighted by molar-refractivity contribution is 7.89. The SMILES string of the molecule is CCN(Cc1ccccc1)C(=O)Cn1c(CS(C)(=O)=O)nc2ccccc21. The maximum Gasteiger partial charge on any atom is 0.242 e. The van der Waals surface area contributed by atoms with E-state index in [0.29, 0.717) is 24.4 Å². The lowest BCUT2D eigenvalue weighted by Gasteiger charge is -2.22. The predicted molar refractivity (Wildman–Crippen MR) is 106 cm³/mol. The molecule has 0 aliphatic carbocycles. The quantitative estimate of drug-likeness (QED) is 0.627. The molecule has 0 radical (unpaired) electrons. The number of sulfone groups is 1. The van der Waals surface area contributed by atoms with Gasteiger partial charge in [-0.2, -0.15) is 0 Å². The monoisotopic (exact) mass is 385 g/mol. The number of carbonyl (C=O) groups excluding carboxylic acids is 1. The number of hydrogen-bond acceptors (Lipinski definition) is 4. The first-order valence-corrected chi connectivity index (χ1v) is 10.9. The molecule has 0 saturated heterocycles. The molecule has 7 heteroatoms. The van der Waals surface area contributed by atoms with Crippen molar-refractivity contribution < 1.29 is 13.2 Å². The van der Waals surface area contributed by atoms with Crippen molar-refractivity contribution >= 4 is 26.8 Å². The van der Waals surface area contributed by atoms with Crippen LogP contribution in [0, 0.1) is 0 Å². The number of benzene rings is 2. The molecule has 2 aromatic carbocycles. The van der Waals surface area contributed by atoms with Crippen LogP contribution < -0.4 is 0 Å². The summed E-state index contributed by atoms with van der Waals surface area (Å²) in [5, 5.41) is 0. The second kappa shape index (κ2) is 7.92. The molecule has 0 aliphatic rings. The highest BCUT2D eigenvalue weighted by Crippen LogP contribution is 2.18. The van der Waals surface area contributed by atoms with Crippen LogP contribution in [0.4, 0.5) is 0 Å². The van der Waals surface area contributed by atoms with Crippen LogP contribution in [0.5, 0.6) is 0 Å². The number of carbonyl (C=O) groups is 1. The lowest BCUT2D eigenvalue weighted by atomic mass is 10.2. The molecular weight excluding hydrogens is 362 g/mol. The van der Waals surface area contributed by atoms with Gasteiger partial charge in [0, 0.05) is 19.3 Å². The van der Waals surface area contributed by atoms with Crippen LogP contribution >= 0.6 is 0 Å². The molecule has 1 heterocycles. The maximum absolute atomic E-state index is 12.9. The van der Waals surface area contributed by atoms with Gasteiger partial charge in [0.05, 0.1) is 11.0 Å². The number of imidazole rings is 1. The van der Waals surface area contributed by atoms with Crippen molar-refractivity contribution in [1.29, 1.82) is 0 Å². The normalized spacial score (nSPS) is 11.6. The van der Waals surface area contributed by atoms with Gasteiger partial charge in [0.1, 0.15) is 18.1 Å². The molecule has 6 nitrogen and oxygen atoms in total. The van der Waals surface area contributed by atoms with E-state index in [9.17, 15) is 13.2 Å². The van der Waals surface area contributed by atoms with Crippen LogP contribution in [-0.4, -0.2) is 41.6 Å². The number of rotatable bonds is 7. The molecule has 1 amide bonds. The van der Waals surface area contributed by atoms with Crippen LogP contribution in [0.25, 0.3) is 11.0 Å². The Kier molecular flexibility index (Phi) is 5.60. The average molecular weight is 385 g/mol. The molecule has 3 rings (SSSR count). The number of likely N-dealkylation sites (N-methyl/N-ethyl adjacent to an activating group) is 1. The Labute approximate surface area is 159 Å². The fourth-order valence-electron chi connectivity index (χ4n) is 3.06.